The molecule has 0 saturated heterocycles. The summed E-state index contributed by atoms with van der Waals surface area (Å²) in [5, 5.41) is 5.39. The molecule has 3 nitrogen and oxygen atoms in total. The second-order valence-corrected chi connectivity index (χ2v) is 4.28. The van der Waals surface area contributed by atoms with E-state index in [2.05, 4.69) is 5.10 Å². The lowest BCUT2D eigenvalue weighted by Crippen LogP contribution is -1.89. The minimum atomic E-state index is 0.448. The molecule has 2 aromatic heterocycles. The van der Waals surface area contributed by atoms with E-state index < -0.39 is 0 Å². The van der Waals surface area contributed by atoms with Gasteiger partial charge in [-0.1, -0.05) is 11.6 Å². The summed E-state index contributed by atoms with van der Waals surface area (Å²) < 4.78 is 1.66. The molecule has 5 heteroatoms. The molecule has 2 rings (SSSR count). The molecule has 0 aromatic carbocycles. The average Bonchev–Trinajstić information content (AvgIpc) is 2.71. The number of carbonyl (C=O) groups excluding carboxylic acids is 1. The van der Waals surface area contributed by atoms with E-state index >= 15 is 0 Å². The van der Waals surface area contributed by atoms with Crippen molar-refractivity contribution >= 4 is 29.2 Å². The van der Waals surface area contributed by atoms with Crippen molar-refractivity contribution in [1.29, 1.82) is 0 Å². The molecule has 14 heavy (non-hydrogen) atoms. The molecule has 0 bridgehead atoms. The van der Waals surface area contributed by atoms with Crippen LogP contribution < -0.4 is 0 Å². The number of nitrogens with zero attached hydrogens (tertiary/aromatic N) is 2. The third-order valence-electron chi connectivity index (χ3n) is 1.83. The van der Waals surface area contributed by atoms with E-state index in [1.807, 2.05) is 13.0 Å². The number of aldehydes is 1. The zero-order chi connectivity index (χ0) is 10.1. The number of hydrogen-bond donors (Lipinski definition) is 0. The van der Waals surface area contributed by atoms with Gasteiger partial charge in [-0.2, -0.15) is 5.10 Å². The summed E-state index contributed by atoms with van der Waals surface area (Å²) in [5.74, 6) is 0. The van der Waals surface area contributed by atoms with Crippen LogP contribution in [0.3, 0.4) is 0 Å². The fourth-order valence-electron chi connectivity index (χ4n) is 1.13. The van der Waals surface area contributed by atoms with Crippen molar-refractivity contribution in [1.82, 2.24) is 9.78 Å². The number of hydrogen-bond acceptors (Lipinski definition) is 3. The Labute approximate surface area is 89.9 Å². The largest absolute Gasteiger partial charge is 0.297 e. The number of halogens is 1. The van der Waals surface area contributed by atoms with Crippen LogP contribution >= 0.6 is 22.9 Å². The molecule has 2 aromatic rings. The van der Waals surface area contributed by atoms with Gasteiger partial charge in [0.2, 0.25) is 0 Å². The Kier molecular flexibility index (Phi) is 2.39. The SMILES string of the molecule is Cc1cc(-n2ccc(Cl)n2)sc1C=O. The highest BCUT2D eigenvalue weighted by Crippen LogP contribution is 2.23. The molecule has 0 N–H and O–H groups in total. The smallest absolute Gasteiger partial charge is 0.160 e. The minimum Gasteiger partial charge on any atom is -0.297 e. The maximum absolute atomic E-state index is 10.6. The average molecular weight is 227 g/mol. The van der Waals surface area contributed by atoms with Crippen molar-refractivity contribution in [2.75, 3.05) is 0 Å². The molecule has 0 aliphatic heterocycles. The van der Waals surface area contributed by atoms with Crippen molar-refractivity contribution in [2.24, 2.45) is 0 Å². The normalized spacial score (nSPS) is 10.4. The van der Waals surface area contributed by atoms with Gasteiger partial charge in [0, 0.05) is 6.20 Å². The molecule has 0 saturated carbocycles. The van der Waals surface area contributed by atoms with Crippen LogP contribution in [0.25, 0.3) is 5.00 Å². The van der Waals surface area contributed by atoms with Crippen LogP contribution in [-0.4, -0.2) is 16.1 Å². The lowest BCUT2D eigenvalue weighted by Gasteiger charge is -1.92. The molecule has 0 aliphatic carbocycles. The number of aromatic nitrogens is 2. The second kappa shape index (κ2) is 3.55. The molecule has 0 amide bonds. The molecule has 0 unspecified atom stereocenters. The first-order valence-corrected chi connectivity index (χ1v) is 5.17. The maximum Gasteiger partial charge on any atom is 0.160 e. The van der Waals surface area contributed by atoms with Crippen LogP contribution in [0.15, 0.2) is 18.3 Å². The molecule has 0 aliphatic rings. The third-order valence-corrected chi connectivity index (χ3v) is 3.19. The lowest BCUT2D eigenvalue weighted by atomic mass is 10.3. The van der Waals surface area contributed by atoms with Crippen molar-refractivity contribution in [3.05, 3.63) is 33.9 Å². The Morgan fingerprint density at radius 3 is 2.93 bits per heavy atom. The van der Waals surface area contributed by atoms with Gasteiger partial charge in [-0.05, 0) is 24.6 Å². The summed E-state index contributed by atoms with van der Waals surface area (Å²) in [6.45, 7) is 1.90. The van der Waals surface area contributed by atoms with Crippen LogP contribution in [0.1, 0.15) is 15.2 Å². The monoisotopic (exact) mass is 226 g/mol. The van der Waals surface area contributed by atoms with E-state index in [-0.39, 0.29) is 0 Å². The quantitative estimate of drug-likeness (QED) is 0.738. The standard InChI is InChI=1S/C9H7ClN2OS/c1-6-4-9(14-7(6)5-13)12-3-2-8(10)11-12/h2-5H,1H3. The summed E-state index contributed by atoms with van der Waals surface area (Å²) in [6, 6.07) is 3.62. The molecule has 0 radical (unpaired) electrons. The first kappa shape index (κ1) is 9.43. The topological polar surface area (TPSA) is 34.9 Å². The zero-order valence-corrected chi connectivity index (χ0v) is 8.97. The van der Waals surface area contributed by atoms with Crippen LogP contribution in [0.5, 0.6) is 0 Å². The van der Waals surface area contributed by atoms with Gasteiger partial charge in [-0.15, -0.1) is 11.3 Å². The summed E-state index contributed by atoms with van der Waals surface area (Å²) in [4.78, 5) is 11.4. The predicted octanol–water partition coefficient (Wildman–Crippen LogP) is 2.71. The Morgan fingerprint density at radius 1 is 1.64 bits per heavy atom. The van der Waals surface area contributed by atoms with Gasteiger partial charge in [0.05, 0.1) is 4.88 Å². The van der Waals surface area contributed by atoms with Gasteiger partial charge in [-0.25, -0.2) is 4.68 Å². The zero-order valence-electron chi connectivity index (χ0n) is 7.40. The summed E-state index contributed by atoms with van der Waals surface area (Å²) in [6.07, 6.45) is 2.62. The van der Waals surface area contributed by atoms with E-state index in [1.54, 1.807) is 16.9 Å². The molecule has 0 fully saturated rings. The van der Waals surface area contributed by atoms with Crippen LogP contribution in [-0.2, 0) is 0 Å². The Bertz CT molecular complexity index is 475. The van der Waals surface area contributed by atoms with Gasteiger partial charge in [0.1, 0.15) is 5.00 Å². The van der Waals surface area contributed by atoms with E-state index in [0.29, 0.717) is 5.15 Å². The first-order chi connectivity index (χ1) is 6.70. The van der Waals surface area contributed by atoms with Crippen LogP contribution in [0.4, 0.5) is 0 Å². The highest BCUT2D eigenvalue weighted by atomic mass is 35.5. The highest BCUT2D eigenvalue weighted by Gasteiger charge is 2.06. The van der Waals surface area contributed by atoms with E-state index in [0.717, 1.165) is 21.7 Å². The van der Waals surface area contributed by atoms with Crippen molar-refractivity contribution in [3.8, 4) is 5.00 Å². The lowest BCUT2D eigenvalue weighted by molar-refractivity contribution is 0.112. The third kappa shape index (κ3) is 1.58. The van der Waals surface area contributed by atoms with Crippen molar-refractivity contribution in [2.45, 2.75) is 6.92 Å². The molecule has 72 valence electrons. The Balaban J connectivity index is 2.47. The second-order valence-electron chi connectivity index (χ2n) is 2.83. The van der Waals surface area contributed by atoms with Gasteiger partial charge in [-0.3, -0.25) is 4.79 Å². The summed E-state index contributed by atoms with van der Waals surface area (Å²) in [5.41, 5.74) is 0.964. The molecule has 0 atom stereocenters. The predicted molar refractivity (Wildman–Crippen MR) is 56.6 cm³/mol. The molecule has 2 heterocycles. The van der Waals surface area contributed by atoms with Crippen LogP contribution in [0, 0.1) is 6.92 Å². The van der Waals surface area contributed by atoms with Crippen LogP contribution in [0.2, 0.25) is 5.15 Å². The number of rotatable bonds is 2. The Morgan fingerprint density at radius 2 is 2.43 bits per heavy atom. The minimum absolute atomic E-state index is 0.448. The summed E-state index contributed by atoms with van der Waals surface area (Å²) >= 11 is 7.09. The van der Waals surface area contributed by atoms with Crippen molar-refractivity contribution in [3.63, 3.8) is 0 Å². The van der Waals surface area contributed by atoms with E-state index in [1.165, 1.54) is 11.3 Å². The highest BCUT2D eigenvalue weighted by molar-refractivity contribution is 7.16. The maximum atomic E-state index is 10.6. The fraction of sp³-hybridized carbons (Fsp3) is 0.111. The Hall–Kier alpha value is -1.13. The van der Waals surface area contributed by atoms with Gasteiger partial charge < -0.3 is 0 Å². The van der Waals surface area contributed by atoms with Gasteiger partial charge in [0.15, 0.2) is 11.4 Å². The number of aryl methyl sites for hydroxylation is 1. The number of carbonyl (C=O) groups is 1. The van der Waals surface area contributed by atoms with Gasteiger partial charge >= 0.3 is 0 Å². The summed E-state index contributed by atoms with van der Waals surface area (Å²) in [7, 11) is 0. The van der Waals surface area contributed by atoms with Gasteiger partial charge in [0.25, 0.3) is 0 Å². The van der Waals surface area contributed by atoms with E-state index in [9.17, 15) is 4.79 Å². The molecule has 0 spiro atoms. The fourth-order valence-corrected chi connectivity index (χ4v) is 2.20. The molecular formula is C9H7ClN2OS. The first-order valence-electron chi connectivity index (χ1n) is 3.98. The molecular weight excluding hydrogens is 220 g/mol. The van der Waals surface area contributed by atoms with Crippen molar-refractivity contribution < 1.29 is 4.79 Å². The van der Waals surface area contributed by atoms with E-state index in [4.69, 9.17) is 11.6 Å². The number of thiophene rings is 1.